The van der Waals surface area contributed by atoms with E-state index < -0.39 is 5.97 Å². The molecule has 0 aliphatic heterocycles. The zero-order chi connectivity index (χ0) is 13.7. The lowest BCUT2D eigenvalue weighted by atomic mass is 10.2. The minimum atomic E-state index is -1.24. The molecule has 2 aromatic rings. The van der Waals surface area contributed by atoms with E-state index in [1.54, 1.807) is 30.6 Å². The first kappa shape index (κ1) is 12.8. The fraction of sp³-hybridized carbons (Fsp3) is 0.0714. The van der Waals surface area contributed by atoms with Crippen LogP contribution in [0.3, 0.4) is 0 Å². The van der Waals surface area contributed by atoms with Crippen LogP contribution in [0.2, 0.25) is 0 Å². The predicted octanol–water partition coefficient (Wildman–Crippen LogP) is 1.28. The van der Waals surface area contributed by atoms with Crippen LogP contribution in [0, 0.1) is 0 Å². The highest BCUT2D eigenvalue weighted by atomic mass is 16.4. The van der Waals surface area contributed by atoms with Gasteiger partial charge in [-0.3, -0.25) is 10.4 Å². The van der Waals surface area contributed by atoms with Gasteiger partial charge in [-0.25, -0.2) is 0 Å². The minimum Gasteiger partial charge on any atom is -0.545 e. The monoisotopic (exact) mass is 254 g/mol. The van der Waals surface area contributed by atoms with E-state index in [-0.39, 0.29) is 5.56 Å². The molecule has 0 saturated carbocycles. The number of pyridine rings is 1. The highest BCUT2D eigenvalue weighted by Gasteiger charge is 2.02. The Bertz CT molecular complexity index is 609. The maximum absolute atomic E-state index is 10.9. The molecule has 5 heteroatoms. The van der Waals surface area contributed by atoms with Crippen molar-refractivity contribution in [2.45, 2.75) is 6.92 Å². The number of aromatic carboxylic acids is 1. The molecule has 0 atom stereocenters. The van der Waals surface area contributed by atoms with E-state index >= 15 is 0 Å². The maximum atomic E-state index is 10.9. The van der Waals surface area contributed by atoms with Gasteiger partial charge in [0, 0.05) is 23.5 Å². The lowest BCUT2D eigenvalue weighted by Gasteiger charge is -2.09. The summed E-state index contributed by atoms with van der Waals surface area (Å²) >= 11 is 0. The largest absolute Gasteiger partial charge is 0.545 e. The van der Waals surface area contributed by atoms with E-state index in [2.05, 4.69) is 15.5 Å². The Morgan fingerprint density at radius 1 is 1.26 bits per heavy atom. The van der Waals surface area contributed by atoms with Gasteiger partial charge in [0.05, 0.1) is 17.4 Å². The van der Waals surface area contributed by atoms with Gasteiger partial charge in [0.1, 0.15) is 0 Å². The summed E-state index contributed by atoms with van der Waals surface area (Å²) in [6.45, 7) is 1.81. The molecule has 0 fully saturated rings. The van der Waals surface area contributed by atoms with Crippen molar-refractivity contribution >= 4 is 17.4 Å². The van der Waals surface area contributed by atoms with Crippen LogP contribution in [0.5, 0.6) is 0 Å². The van der Waals surface area contributed by atoms with Crippen LogP contribution >= 0.6 is 0 Å². The van der Waals surface area contributed by atoms with Gasteiger partial charge in [0.25, 0.3) is 0 Å². The maximum Gasteiger partial charge on any atom is 0.0736 e. The van der Waals surface area contributed by atoms with Crippen LogP contribution in [-0.4, -0.2) is 16.7 Å². The van der Waals surface area contributed by atoms with Crippen LogP contribution in [0.4, 0.5) is 5.69 Å². The lowest BCUT2D eigenvalue weighted by Crippen LogP contribution is -2.23. The van der Waals surface area contributed by atoms with Gasteiger partial charge >= 0.3 is 0 Å². The summed E-state index contributed by atoms with van der Waals surface area (Å²) in [5.74, 6) is -1.24. The third kappa shape index (κ3) is 3.16. The zero-order valence-electron chi connectivity index (χ0n) is 10.3. The zero-order valence-corrected chi connectivity index (χ0v) is 10.3. The van der Waals surface area contributed by atoms with Crippen LogP contribution in [-0.2, 0) is 0 Å². The van der Waals surface area contributed by atoms with E-state index in [0.717, 1.165) is 5.56 Å². The number of carboxylic acids is 1. The van der Waals surface area contributed by atoms with Crippen LogP contribution in [0.15, 0.2) is 53.9 Å². The first-order valence-electron chi connectivity index (χ1n) is 5.69. The molecule has 1 heterocycles. The summed E-state index contributed by atoms with van der Waals surface area (Å²) in [7, 11) is 0. The first-order valence-corrected chi connectivity index (χ1v) is 5.69. The molecule has 1 aromatic carbocycles. The Morgan fingerprint density at radius 2 is 2.05 bits per heavy atom. The molecule has 0 saturated heterocycles. The first-order chi connectivity index (χ1) is 9.18. The highest BCUT2D eigenvalue weighted by molar-refractivity contribution is 5.99. The van der Waals surface area contributed by atoms with Gasteiger partial charge in [-0.1, -0.05) is 24.3 Å². The summed E-state index contributed by atoms with van der Waals surface area (Å²) in [4.78, 5) is 14.9. The van der Waals surface area contributed by atoms with Gasteiger partial charge in [-0.2, -0.15) is 5.10 Å². The molecule has 1 N–H and O–H groups in total. The van der Waals surface area contributed by atoms with Crippen molar-refractivity contribution in [3.8, 4) is 0 Å². The second-order valence-corrected chi connectivity index (χ2v) is 3.88. The number of carboxylic acid groups (broad SMARTS) is 1. The number of anilines is 1. The van der Waals surface area contributed by atoms with Gasteiger partial charge in [0.2, 0.25) is 0 Å². The van der Waals surface area contributed by atoms with Gasteiger partial charge in [-0.05, 0) is 19.1 Å². The van der Waals surface area contributed by atoms with E-state index in [0.29, 0.717) is 11.4 Å². The van der Waals surface area contributed by atoms with Crippen molar-refractivity contribution < 1.29 is 9.90 Å². The fourth-order valence-electron chi connectivity index (χ4n) is 1.54. The number of hydrazone groups is 1. The summed E-state index contributed by atoms with van der Waals surface area (Å²) in [5, 5.41) is 15.1. The van der Waals surface area contributed by atoms with Crippen molar-refractivity contribution in [3.63, 3.8) is 0 Å². The number of hydrogen-bond donors (Lipinski definition) is 1. The number of hydrogen-bond acceptors (Lipinski definition) is 5. The third-order valence-corrected chi connectivity index (χ3v) is 2.57. The van der Waals surface area contributed by atoms with Gasteiger partial charge in [0.15, 0.2) is 0 Å². The molecule has 96 valence electrons. The molecule has 5 nitrogen and oxygen atoms in total. The van der Waals surface area contributed by atoms with Crippen molar-refractivity contribution in [2.24, 2.45) is 5.10 Å². The summed E-state index contributed by atoms with van der Waals surface area (Å²) in [6.07, 6.45) is 3.36. The number of para-hydroxylation sites is 1. The molecular weight excluding hydrogens is 242 g/mol. The standard InChI is InChI=1S/C14H13N3O2/c1-10(11-5-4-8-15-9-11)16-17-13-7-3-2-6-12(13)14(18)19/h2-9,17H,1H3,(H,18,19)/p-1/b16-10-. The molecule has 19 heavy (non-hydrogen) atoms. The number of nitrogens with zero attached hydrogens (tertiary/aromatic N) is 2. The van der Waals surface area contributed by atoms with Crippen LogP contribution in [0.1, 0.15) is 22.8 Å². The molecule has 1 aromatic heterocycles. The number of benzene rings is 1. The Morgan fingerprint density at radius 3 is 2.74 bits per heavy atom. The molecule has 0 amide bonds. The Labute approximate surface area is 110 Å². The molecule has 0 aliphatic carbocycles. The molecule has 0 bridgehead atoms. The lowest BCUT2D eigenvalue weighted by molar-refractivity contribution is -0.254. The normalized spacial score (nSPS) is 11.1. The summed E-state index contributed by atoms with van der Waals surface area (Å²) < 4.78 is 0. The molecular formula is C14H12N3O2-. The quantitative estimate of drug-likeness (QED) is 0.658. The van der Waals surface area contributed by atoms with E-state index in [1.807, 2.05) is 19.1 Å². The van der Waals surface area contributed by atoms with Crippen molar-refractivity contribution in [3.05, 3.63) is 59.9 Å². The van der Waals surface area contributed by atoms with Gasteiger partial charge < -0.3 is 9.90 Å². The predicted molar refractivity (Wildman–Crippen MR) is 70.8 cm³/mol. The number of carbonyl (C=O) groups is 1. The number of aromatic nitrogens is 1. The van der Waals surface area contributed by atoms with Crippen LogP contribution in [0.25, 0.3) is 0 Å². The Balaban J connectivity index is 2.21. The minimum absolute atomic E-state index is 0.0743. The summed E-state index contributed by atoms with van der Waals surface area (Å²) in [6, 6.07) is 10.1. The fourth-order valence-corrected chi connectivity index (χ4v) is 1.54. The molecule has 0 spiro atoms. The number of carbonyl (C=O) groups excluding carboxylic acids is 1. The summed E-state index contributed by atoms with van der Waals surface area (Å²) in [5.41, 5.74) is 4.77. The third-order valence-electron chi connectivity index (χ3n) is 2.57. The highest BCUT2D eigenvalue weighted by Crippen LogP contribution is 2.14. The molecule has 2 rings (SSSR count). The van der Waals surface area contributed by atoms with Crippen molar-refractivity contribution in [2.75, 3.05) is 5.43 Å². The van der Waals surface area contributed by atoms with E-state index in [9.17, 15) is 9.90 Å². The SMILES string of the molecule is C/C(=N/Nc1ccccc1C(=O)[O-])c1cccnc1. The smallest absolute Gasteiger partial charge is 0.0736 e. The van der Waals surface area contributed by atoms with E-state index in [4.69, 9.17) is 0 Å². The average molecular weight is 254 g/mol. The second-order valence-electron chi connectivity index (χ2n) is 3.88. The second kappa shape index (κ2) is 5.77. The Hall–Kier alpha value is -2.69. The Kier molecular flexibility index (Phi) is 3.87. The molecule has 0 aliphatic rings. The average Bonchev–Trinajstić information content (AvgIpc) is 2.46. The van der Waals surface area contributed by atoms with Crippen LogP contribution < -0.4 is 10.5 Å². The van der Waals surface area contributed by atoms with Crippen molar-refractivity contribution in [1.82, 2.24) is 4.98 Å². The topological polar surface area (TPSA) is 77.4 Å². The number of rotatable bonds is 4. The van der Waals surface area contributed by atoms with Gasteiger partial charge in [-0.15, -0.1) is 0 Å². The van der Waals surface area contributed by atoms with Crippen molar-refractivity contribution in [1.29, 1.82) is 0 Å². The number of nitrogens with one attached hydrogen (secondary N) is 1. The molecule has 0 radical (unpaired) electrons. The van der Waals surface area contributed by atoms with E-state index in [1.165, 1.54) is 6.07 Å². The molecule has 0 unspecified atom stereocenters.